The van der Waals surface area contributed by atoms with Crippen molar-refractivity contribution in [3.63, 3.8) is 0 Å². The Morgan fingerprint density at radius 1 is 1.47 bits per heavy atom. The molecule has 1 unspecified atom stereocenters. The van der Waals surface area contributed by atoms with Gasteiger partial charge in [-0.3, -0.25) is 4.79 Å². The molecule has 3 N–H and O–H groups in total. The van der Waals surface area contributed by atoms with Crippen LogP contribution in [-0.4, -0.2) is 21.0 Å². The third-order valence-corrected chi connectivity index (χ3v) is 2.94. The molecule has 1 amide bonds. The number of aromatic hydroxyl groups is 1. The van der Waals surface area contributed by atoms with Crippen molar-refractivity contribution < 1.29 is 9.90 Å². The van der Waals surface area contributed by atoms with Crippen LogP contribution >= 0.6 is 0 Å². The second kappa shape index (κ2) is 6.04. The normalized spacial score (nSPS) is 12.1. The van der Waals surface area contributed by atoms with Crippen LogP contribution in [0.15, 0.2) is 36.7 Å². The molecule has 0 spiro atoms. The Bertz CT molecular complexity index is 537. The van der Waals surface area contributed by atoms with E-state index in [4.69, 9.17) is 0 Å². The average Bonchev–Trinajstić information content (AvgIpc) is 2.92. The van der Waals surface area contributed by atoms with Gasteiger partial charge in [-0.25, -0.2) is 4.98 Å². The summed E-state index contributed by atoms with van der Waals surface area (Å²) in [5.41, 5.74) is 0.620. The van der Waals surface area contributed by atoms with Gasteiger partial charge in [0, 0.05) is 18.0 Å². The zero-order chi connectivity index (χ0) is 13.7. The van der Waals surface area contributed by atoms with Crippen LogP contribution in [0, 0.1) is 0 Å². The zero-order valence-corrected chi connectivity index (χ0v) is 10.8. The van der Waals surface area contributed by atoms with Crippen molar-refractivity contribution in [2.75, 3.05) is 0 Å². The van der Waals surface area contributed by atoms with Crippen molar-refractivity contribution in [3.05, 3.63) is 48.0 Å². The first-order chi connectivity index (χ1) is 9.20. The number of imidazole rings is 1. The van der Waals surface area contributed by atoms with Gasteiger partial charge < -0.3 is 15.4 Å². The molecule has 1 aromatic heterocycles. The molecule has 0 fully saturated rings. The van der Waals surface area contributed by atoms with Crippen molar-refractivity contribution in [3.8, 4) is 5.75 Å². The van der Waals surface area contributed by atoms with Gasteiger partial charge in [0.25, 0.3) is 0 Å². The number of para-hydroxylation sites is 1. The maximum atomic E-state index is 12.0. The number of carbonyl (C=O) groups excluding carboxylic acids is 1. The van der Waals surface area contributed by atoms with E-state index in [0.29, 0.717) is 5.56 Å². The van der Waals surface area contributed by atoms with Gasteiger partial charge in [0.15, 0.2) is 0 Å². The fourth-order valence-corrected chi connectivity index (χ4v) is 1.91. The molecule has 2 rings (SSSR count). The topological polar surface area (TPSA) is 78.0 Å². The highest BCUT2D eigenvalue weighted by atomic mass is 16.3. The summed E-state index contributed by atoms with van der Waals surface area (Å²) in [6.07, 6.45) is 4.30. The minimum atomic E-state index is -0.134. The minimum Gasteiger partial charge on any atom is -0.508 e. The molecule has 0 bridgehead atoms. The molecule has 1 aromatic carbocycles. The molecular formula is C14H17N3O2. The molecule has 0 aliphatic rings. The Balaban J connectivity index is 1.99. The quantitative estimate of drug-likeness (QED) is 0.767. The Morgan fingerprint density at radius 2 is 2.26 bits per heavy atom. The fraction of sp³-hybridized carbons (Fsp3) is 0.286. The summed E-state index contributed by atoms with van der Waals surface area (Å²) < 4.78 is 0. The van der Waals surface area contributed by atoms with Crippen molar-refractivity contribution in [1.29, 1.82) is 0 Å². The van der Waals surface area contributed by atoms with E-state index in [2.05, 4.69) is 15.3 Å². The van der Waals surface area contributed by atoms with E-state index in [0.717, 1.165) is 12.2 Å². The van der Waals surface area contributed by atoms with E-state index in [1.807, 2.05) is 6.92 Å². The van der Waals surface area contributed by atoms with Crippen LogP contribution in [0.3, 0.4) is 0 Å². The second-order valence-corrected chi connectivity index (χ2v) is 4.31. The van der Waals surface area contributed by atoms with E-state index < -0.39 is 0 Å². The second-order valence-electron chi connectivity index (χ2n) is 4.31. The Labute approximate surface area is 111 Å². The summed E-state index contributed by atoms with van der Waals surface area (Å²) in [4.78, 5) is 19.1. The van der Waals surface area contributed by atoms with Crippen molar-refractivity contribution in [2.24, 2.45) is 0 Å². The molecule has 19 heavy (non-hydrogen) atoms. The van der Waals surface area contributed by atoms with Crippen LogP contribution in [0.5, 0.6) is 5.75 Å². The number of hydrogen-bond donors (Lipinski definition) is 3. The van der Waals surface area contributed by atoms with Gasteiger partial charge in [0.05, 0.1) is 12.5 Å². The van der Waals surface area contributed by atoms with Gasteiger partial charge in [-0.05, 0) is 12.5 Å². The molecule has 1 heterocycles. The van der Waals surface area contributed by atoms with Crippen LogP contribution in [-0.2, 0) is 11.2 Å². The first kappa shape index (κ1) is 13.1. The van der Waals surface area contributed by atoms with Crippen LogP contribution in [0.1, 0.15) is 30.8 Å². The highest BCUT2D eigenvalue weighted by molar-refractivity contribution is 5.79. The number of amides is 1. The number of nitrogens with zero attached hydrogens (tertiary/aromatic N) is 1. The standard InChI is InChI=1S/C14H17N3O2/c1-2-11(14-15-7-8-16-14)17-13(19)9-10-5-3-4-6-12(10)18/h3-8,11,18H,2,9H2,1H3,(H,15,16)(H,17,19). The predicted molar refractivity (Wildman–Crippen MR) is 71.6 cm³/mol. The third-order valence-electron chi connectivity index (χ3n) is 2.94. The van der Waals surface area contributed by atoms with Crippen LogP contribution in [0.25, 0.3) is 0 Å². The summed E-state index contributed by atoms with van der Waals surface area (Å²) >= 11 is 0. The Hall–Kier alpha value is -2.30. The Kier molecular flexibility index (Phi) is 4.18. The molecule has 5 nitrogen and oxygen atoms in total. The molecule has 1 atom stereocenters. The first-order valence-corrected chi connectivity index (χ1v) is 6.26. The number of carbonyl (C=O) groups is 1. The molecule has 0 aliphatic heterocycles. The van der Waals surface area contributed by atoms with E-state index in [1.165, 1.54) is 0 Å². The van der Waals surface area contributed by atoms with Crippen LogP contribution in [0.2, 0.25) is 0 Å². The van der Waals surface area contributed by atoms with Crippen molar-refractivity contribution >= 4 is 5.91 Å². The lowest BCUT2D eigenvalue weighted by molar-refractivity contribution is -0.121. The predicted octanol–water partition coefficient (Wildman–Crippen LogP) is 1.93. The number of phenolic OH excluding ortho intramolecular Hbond substituents is 1. The number of aromatic nitrogens is 2. The lowest BCUT2D eigenvalue weighted by atomic mass is 10.1. The van der Waals surface area contributed by atoms with Gasteiger partial charge in [-0.1, -0.05) is 25.1 Å². The van der Waals surface area contributed by atoms with Crippen molar-refractivity contribution in [1.82, 2.24) is 15.3 Å². The van der Waals surface area contributed by atoms with Crippen LogP contribution < -0.4 is 5.32 Å². The highest BCUT2D eigenvalue weighted by Crippen LogP contribution is 2.17. The number of H-pyrrole nitrogens is 1. The van der Waals surface area contributed by atoms with Crippen LogP contribution in [0.4, 0.5) is 0 Å². The molecule has 0 saturated heterocycles. The van der Waals surface area contributed by atoms with E-state index in [9.17, 15) is 9.90 Å². The minimum absolute atomic E-state index is 0.131. The summed E-state index contributed by atoms with van der Waals surface area (Å²) in [6, 6.07) is 6.71. The van der Waals surface area contributed by atoms with E-state index in [-0.39, 0.29) is 24.1 Å². The molecule has 0 radical (unpaired) electrons. The number of phenols is 1. The smallest absolute Gasteiger partial charge is 0.225 e. The highest BCUT2D eigenvalue weighted by Gasteiger charge is 2.15. The summed E-state index contributed by atoms with van der Waals surface area (Å²) in [5, 5.41) is 12.5. The molecular weight excluding hydrogens is 242 g/mol. The molecule has 0 aliphatic carbocycles. The Morgan fingerprint density at radius 3 is 2.89 bits per heavy atom. The van der Waals surface area contributed by atoms with Gasteiger partial charge in [0.1, 0.15) is 11.6 Å². The average molecular weight is 259 g/mol. The number of benzene rings is 1. The number of nitrogens with one attached hydrogen (secondary N) is 2. The molecule has 2 aromatic rings. The maximum absolute atomic E-state index is 12.0. The van der Waals surface area contributed by atoms with Gasteiger partial charge in [-0.2, -0.15) is 0 Å². The van der Waals surface area contributed by atoms with Gasteiger partial charge >= 0.3 is 0 Å². The number of aromatic amines is 1. The number of hydrogen-bond acceptors (Lipinski definition) is 3. The third kappa shape index (κ3) is 3.34. The summed E-state index contributed by atoms with van der Waals surface area (Å²) in [6.45, 7) is 1.98. The van der Waals surface area contributed by atoms with E-state index >= 15 is 0 Å². The lowest BCUT2D eigenvalue weighted by Gasteiger charge is -2.14. The molecule has 0 saturated carbocycles. The van der Waals surface area contributed by atoms with Gasteiger partial charge in [-0.15, -0.1) is 0 Å². The largest absolute Gasteiger partial charge is 0.508 e. The van der Waals surface area contributed by atoms with E-state index in [1.54, 1.807) is 36.7 Å². The zero-order valence-electron chi connectivity index (χ0n) is 10.8. The van der Waals surface area contributed by atoms with Gasteiger partial charge in [0.2, 0.25) is 5.91 Å². The fourth-order valence-electron chi connectivity index (χ4n) is 1.91. The lowest BCUT2D eigenvalue weighted by Crippen LogP contribution is -2.30. The molecule has 5 heteroatoms. The summed E-state index contributed by atoms with van der Waals surface area (Å²) in [5.74, 6) is 0.751. The summed E-state index contributed by atoms with van der Waals surface area (Å²) in [7, 11) is 0. The SMILES string of the molecule is CCC(NC(=O)Cc1ccccc1O)c1ncc[nH]1. The number of rotatable bonds is 5. The first-order valence-electron chi connectivity index (χ1n) is 6.26. The monoisotopic (exact) mass is 259 g/mol. The van der Waals surface area contributed by atoms with Crippen molar-refractivity contribution in [2.45, 2.75) is 25.8 Å². The molecule has 100 valence electrons. The maximum Gasteiger partial charge on any atom is 0.225 e.